The van der Waals surface area contributed by atoms with Gasteiger partial charge in [0.2, 0.25) is 5.91 Å². The average molecular weight is 343 g/mol. The number of pyridine rings is 1. The lowest BCUT2D eigenvalue weighted by molar-refractivity contribution is -0.137. The predicted octanol–water partition coefficient (Wildman–Crippen LogP) is 2.68. The van der Waals surface area contributed by atoms with Gasteiger partial charge in [-0.25, -0.2) is 4.98 Å². The van der Waals surface area contributed by atoms with E-state index in [2.05, 4.69) is 15.2 Å². The normalized spacial score (nSPS) is 23.4. The number of aromatic nitrogens is 1. The second-order valence-electron chi connectivity index (χ2n) is 6.16. The molecule has 0 spiro atoms. The molecule has 0 saturated carbocycles. The monoisotopic (exact) mass is 343 g/mol. The van der Waals surface area contributed by atoms with Gasteiger partial charge in [-0.3, -0.25) is 9.69 Å². The fourth-order valence-electron chi connectivity index (χ4n) is 3.41. The Hall–Kier alpha value is -1.67. The van der Waals surface area contributed by atoms with E-state index in [1.165, 1.54) is 0 Å². The molecule has 1 amide bonds. The number of alkyl halides is 3. The number of anilines is 1. The Morgan fingerprint density at radius 3 is 2.75 bits per heavy atom. The standard InChI is InChI=1S/C16H20F3N3O2/c17-16(18,19)11-3-6-20-14(10-11)21-15(23)13-2-1-7-22(13)12-4-8-24-9-5-12/h3,6,10,12-13H,1-2,4-5,7-9H2,(H,20,21,23)/t13-/m0/s1. The number of nitrogens with zero attached hydrogens (tertiary/aromatic N) is 2. The molecular weight excluding hydrogens is 323 g/mol. The first-order chi connectivity index (χ1) is 11.4. The highest BCUT2D eigenvalue weighted by Crippen LogP contribution is 2.30. The van der Waals surface area contributed by atoms with Gasteiger partial charge in [0.05, 0.1) is 11.6 Å². The van der Waals surface area contributed by atoms with Gasteiger partial charge in [0, 0.05) is 25.5 Å². The first-order valence-corrected chi connectivity index (χ1v) is 8.13. The van der Waals surface area contributed by atoms with Crippen molar-refractivity contribution < 1.29 is 22.7 Å². The maximum Gasteiger partial charge on any atom is 0.416 e. The lowest BCUT2D eigenvalue weighted by Gasteiger charge is -2.34. The third-order valence-electron chi connectivity index (χ3n) is 4.60. The fourth-order valence-corrected chi connectivity index (χ4v) is 3.41. The van der Waals surface area contributed by atoms with Crippen molar-refractivity contribution in [3.63, 3.8) is 0 Å². The van der Waals surface area contributed by atoms with Crippen molar-refractivity contribution in [2.45, 2.75) is 43.9 Å². The maximum absolute atomic E-state index is 12.8. The van der Waals surface area contributed by atoms with Gasteiger partial charge in [-0.05, 0) is 44.4 Å². The van der Waals surface area contributed by atoms with Gasteiger partial charge in [0.25, 0.3) is 0 Å². The van der Waals surface area contributed by atoms with E-state index in [1.54, 1.807) is 0 Å². The molecular formula is C16H20F3N3O2. The Kier molecular flexibility index (Phi) is 5.05. The summed E-state index contributed by atoms with van der Waals surface area (Å²) in [6.45, 7) is 2.20. The van der Waals surface area contributed by atoms with Gasteiger partial charge in [-0.15, -0.1) is 0 Å². The van der Waals surface area contributed by atoms with E-state index in [0.717, 1.165) is 44.1 Å². The largest absolute Gasteiger partial charge is 0.416 e. The number of rotatable bonds is 3. The molecule has 132 valence electrons. The molecule has 24 heavy (non-hydrogen) atoms. The van der Waals surface area contributed by atoms with Crippen LogP contribution in [0, 0.1) is 0 Å². The van der Waals surface area contributed by atoms with E-state index in [9.17, 15) is 18.0 Å². The minimum atomic E-state index is -4.45. The average Bonchev–Trinajstić information content (AvgIpc) is 3.05. The van der Waals surface area contributed by atoms with Crippen LogP contribution in [0.4, 0.5) is 19.0 Å². The van der Waals surface area contributed by atoms with Gasteiger partial charge in [-0.1, -0.05) is 0 Å². The summed E-state index contributed by atoms with van der Waals surface area (Å²) < 4.78 is 43.6. The van der Waals surface area contributed by atoms with E-state index in [0.29, 0.717) is 25.7 Å². The van der Waals surface area contributed by atoms with Crippen molar-refractivity contribution in [1.29, 1.82) is 0 Å². The summed E-state index contributed by atoms with van der Waals surface area (Å²) in [5, 5.41) is 2.54. The fraction of sp³-hybridized carbons (Fsp3) is 0.625. The molecule has 0 unspecified atom stereocenters. The van der Waals surface area contributed by atoms with Crippen molar-refractivity contribution in [3.05, 3.63) is 23.9 Å². The molecule has 0 aliphatic carbocycles. The summed E-state index contributed by atoms with van der Waals surface area (Å²) in [6.07, 6.45) is -0.0158. The number of amides is 1. The number of hydrogen-bond donors (Lipinski definition) is 1. The predicted molar refractivity (Wildman–Crippen MR) is 81.4 cm³/mol. The van der Waals surface area contributed by atoms with E-state index in [1.807, 2.05) is 0 Å². The zero-order chi connectivity index (χ0) is 17.2. The van der Waals surface area contributed by atoms with Gasteiger partial charge in [-0.2, -0.15) is 13.2 Å². The maximum atomic E-state index is 12.8. The molecule has 0 bridgehead atoms. The van der Waals surface area contributed by atoms with Crippen LogP contribution in [0.1, 0.15) is 31.2 Å². The van der Waals surface area contributed by atoms with Crippen molar-refractivity contribution >= 4 is 11.7 Å². The van der Waals surface area contributed by atoms with Crippen molar-refractivity contribution in [1.82, 2.24) is 9.88 Å². The van der Waals surface area contributed by atoms with Crippen LogP contribution < -0.4 is 5.32 Å². The molecule has 1 aromatic heterocycles. The highest BCUT2D eigenvalue weighted by Gasteiger charge is 2.36. The van der Waals surface area contributed by atoms with Crippen LogP contribution in [-0.4, -0.2) is 47.6 Å². The Labute approximate surface area is 138 Å². The molecule has 3 heterocycles. The van der Waals surface area contributed by atoms with Gasteiger partial charge >= 0.3 is 6.18 Å². The van der Waals surface area contributed by atoms with E-state index < -0.39 is 11.7 Å². The molecule has 1 aromatic rings. The number of carbonyl (C=O) groups is 1. The van der Waals surface area contributed by atoms with Gasteiger partial charge < -0.3 is 10.1 Å². The minimum absolute atomic E-state index is 0.0614. The molecule has 5 nitrogen and oxygen atoms in total. The van der Waals surface area contributed by atoms with Crippen molar-refractivity contribution in [2.75, 3.05) is 25.1 Å². The molecule has 8 heteroatoms. The van der Waals surface area contributed by atoms with Crippen LogP contribution in [-0.2, 0) is 15.7 Å². The van der Waals surface area contributed by atoms with Crippen molar-refractivity contribution in [2.24, 2.45) is 0 Å². The highest BCUT2D eigenvalue weighted by atomic mass is 19.4. The van der Waals surface area contributed by atoms with E-state index in [-0.39, 0.29) is 17.8 Å². The number of carbonyl (C=O) groups excluding carboxylic acids is 1. The summed E-state index contributed by atoms with van der Waals surface area (Å²) in [7, 11) is 0. The molecule has 1 N–H and O–H groups in total. The van der Waals surface area contributed by atoms with Crippen LogP contribution in [0.15, 0.2) is 18.3 Å². The SMILES string of the molecule is O=C(Nc1cc(C(F)(F)F)ccn1)[C@@H]1CCCN1C1CCOCC1. The summed E-state index contributed by atoms with van der Waals surface area (Å²) in [4.78, 5) is 18.5. The van der Waals surface area contributed by atoms with Crippen LogP contribution in [0.5, 0.6) is 0 Å². The topological polar surface area (TPSA) is 54.5 Å². The molecule has 0 radical (unpaired) electrons. The Morgan fingerprint density at radius 1 is 1.29 bits per heavy atom. The van der Waals surface area contributed by atoms with Gasteiger partial charge in [0.1, 0.15) is 5.82 Å². The lowest BCUT2D eigenvalue weighted by Crippen LogP contribution is -2.47. The van der Waals surface area contributed by atoms with Crippen molar-refractivity contribution in [3.8, 4) is 0 Å². The van der Waals surface area contributed by atoms with Gasteiger partial charge in [0.15, 0.2) is 0 Å². The quantitative estimate of drug-likeness (QED) is 0.917. The number of hydrogen-bond acceptors (Lipinski definition) is 4. The molecule has 2 aliphatic heterocycles. The lowest BCUT2D eigenvalue weighted by atomic mass is 10.1. The first kappa shape index (κ1) is 17.2. The Morgan fingerprint density at radius 2 is 2.04 bits per heavy atom. The molecule has 2 saturated heterocycles. The van der Waals surface area contributed by atoms with E-state index in [4.69, 9.17) is 4.74 Å². The Balaban J connectivity index is 1.67. The first-order valence-electron chi connectivity index (χ1n) is 8.13. The van der Waals surface area contributed by atoms with Crippen LogP contribution in [0.3, 0.4) is 0 Å². The summed E-state index contributed by atoms with van der Waals surface area (Å²) >= 11 is 0. The molecule has 0 aromatic carbocycles. The molecule has 1 atom stereocenters. The smallest absolute Gasteiger partial charge is 0.381 e. The molecule has 2 fully saturated rings. The second-order valence-corrected chi connectivity index (χ2v) is 6.16. The summed E-state index contributed by atoms with van der Waals surface area (Å²) in [6, 6.07) is 1.74. The zero-order valence-electron chi connectivity index (χ0n) is 13.2. The third-order valence-corrected chi connectivity index (χ3v) is 4.60. The minimum Gasteiger partial charge on any atom is -0.381 e. The Bertz CT molecular complexity index is 588. The van der Waals surface area contributed by atoms with Crippen LogP contribution in [0.25, 0.3) is 0 Å². The van der Waals surface area contributed by atoms with E-state index >= 15 is 0 Å². The third kappa shape index (κ3) is 3.87. The van der Waals surface area contributed by atoms with Crippen LogP contribution in [0.2, 0.25) is 0 Å². The number of nitrogens with one attached hydrogen (secondary N) is 1. The highest BCUT2D eigenvalue weighted by molar-refractivity contribution is 5.94. The number of ether oxygens (including phenoxy) is 1. The number of likely N-dealkylation sites (tertiary alicyclic amines) is 1. The van der Waals surface area contributed by atoms with Crippen LogP contribution >= 0.6 is 0 Å². The number of halogens is 3. The summed E-state index contributed by atoms with van der Waals surface area (Å²) in [5.74, 6) is -0.348. The molecule has 3 rings (SSSR count). The second kappa shape index (κ2) is 7.06. The summed E-state index contributed by atoms with van der Waals surface area (Å²) in [5.41, 5.74) is -0.819. The zero-order valence-corrected chi connectivity index (χ0v) is 13.2. The molecule has 2 aliphatic rings.